The second-order valence-corrected chi connectivity index (χ2v) is 3.83. The first-order chi connectivity index (χ1) is 9.19. The lowest BCUT2D eigenvalue weighted by molar-refractivity contribution is -0.105. The van der Waals surface area contributed by atoms with E-state index in [-0.39, 0.29) is 0 Å². The Morgan fingerprint density at radius 2 is 1.47 bits per heavy atom. The summed E-state index contributed by atoms with van der Waals surface area (Å²) < 4.78 is 5.57. The van der Waals surface area contributed by atoms with E-state index in [0.29, 0.717) is 29.1 Å². The molecular formula is C13H12BNO4. The highest BCUT2D eigenvalue weighted by molar-refractivity contribution is 6.58. The number of hydrogen-bond donors (Lipinski definition) is 3. The fourth-order valence-corrected chi connectivity index (χ4v) is 1.53. The van der Waals surface area contributed by atoms with E-state index in [0.717, 1.165) is 0 Å². The van der Waals surface area contributed by atoms with Crippen molar-refractivity contribution in [2.24, 2.45) is 0 Å². The van der Waals surface area contributed by atoms with Gasteiger partial charge in [0.2, 0.25) is 6.41 Å². The maximum Gasteiger partial charge on any atom is 0.488 e. The summed E-state index contributed by atoms with van der Waals surface area (Å²) in [6.45, 7) is 0. The first-order valence-electron chi connectivity index (χ1n) is 5.63. The fraction of sp³-hybridized carbons (Fsp3) is 0. The first-order valence-corrected chi connectivity index (χ1v) is 5.63. The molecule has 0 saturated heterocycles. The monoisotopic (exact) mass is 257 g/mol. The van der Waals surface area contributed by atoms with Crippen molar-refractivity contribution in [3.63, 3.8) is 0 Å². The number of rotatable bonds is 5. The largest absolute Gasteiger partial charge is 0.488 e. The van der Waals surface area contributed by atoms with Crippen molar-refractivity contribution in [1.82, 2.24) is 0 Å². The molecule has 0 spiro atoms. The third kappa shape index (κ3) is 3.57. The zero-order valence-corrected chi connectivity index (χ0v) is 9.98. The van der Waals surface area contributed by atoms with Crippen LogP contribution in [0.15, 0.2) is 48.5 Å². The molecule has 0 unspecified atom stereocenters. The predicted octanol–water partition coefficient (Wildman–Crippen LogP) is 0.727. The number of carbonyl (C=O) groups excluding carboxylic acids is 1. The van der Waals surface area contributed by atoms with E-state index in [1.54, 1.807) is 48.5 Å². The molecule has 3 N–H and O–H groups in total. The van der Waals surface area contributed by atoms with Crippen molar-refractivity contribution >= 4 is 24.7 Å². The van der Waals surface area contributed by atoms with Crippen LogP contribution in [0.3, 0.4) is 0 Å². The van der Waals surface area contributed by atoms with E-state index < -0.39 is 7.12 Å². The van der Waals surface area contributed by atoms with Gasteiger partial charge in [-0.3, -0.25) is 4.79 Å². The van der Waals surface area contributed by atoms with Gasteiger partial charge < -0.3 is 20.1 Å². The summed E-state index contributed by atoms with van der Waals surface area (Å²) in [5.41, 5.74) is 1.08. The van der Waals surface area contributed by atoms with Gasteiger partial charge in [0, 0.05) is 5.69 Å². The molecule has 0 saturated carbocycles. The molecule has 0 heterocycles. The van der Waals surface area contributed by atoms with Gasteiger partial charge in [0.1, 0.15) is 11.5 Å². The Kier molecular flexibility index (Phi) is 4.17. The van der Waals surface area contributed by atoms with Gasteiger partial charge in [0.15, 0.2) is 0 Å². The molecule has 0 atom stereocenters. The SMILES string of the molecule is O=CNc1ccc(Oc2ccc(B(O)O)cc2)cc1. The third-order valence-electron chi connectivity index (χ3n) is 2.49. The van der Waals surface area contributed by atoms with E-state index in [1.165, 1.54) is 0 Å². The molecule has 19 heavy (non-hydrogen) atoms. The Labute approximate surface area is 110 Å². The molecule has 0 bridgehead atoms. The number of hydrogen-bond acceptors (Lipinski definition) is 4. The van der Waals surface area contributed by atoms with Gasteiger partial charge in [-0.25, -0.2) is 0 Å². The van der Waals surface area contributed by atoms with Gasteiger partial charge in [-0.1, -0.05) is 12.1 Å². The Hall–Kier alpha value is -2.31. The Morgan fingerprint density at radius 3 is 1.95 bits per heavy atom. The average Bonchev–Trinajstić information content (AvgIpc) is 2.42. The molecule has 2 rings (SSSR count). The van der Waals surface area contributed by atoms with Crippen molar-refractivity contribution in [2.45, 2.75) is 0 Å². The van der Waals surface area contributed by atoms with Crippen LogP contribution in [0.4, 0.5) is 5.69 Å². The van der Waals surface area contributed by atoms with Crippen molar-refractivity contribution < 1.29 is 19.6 Å². The molecule has 0 aliphatic rings. The highest BCUT2D eigenvalue weighted by Gasteiger charge is 2.10. The number of ether oxygens (including phenoxy) is 1. The van der Waals surface area contributed by atoms with Crippen LogP contribution in [0, 0.1) is 0 Å². The van der Waals surface area contributed by atoms with Crippen LogP contribution >= 0.6 is 0 Å². The van der Waals surface area contributed by atoms with Crippen molar-refractivity contribution in [2.75, 3.05) is 5.32 Å². The highest BCUT2D eigenvalue weighted by Crippen LogP contribution is 2.22. The molecule has 0 radical (unpaired) electrons. The fourth-order valence-electron chi connectivity index (χ4n) is 1.53. The summed E-state index contributed by atoms with van der Waals surface area (Å²) in [7, 11) is -1.48. The summed E-state index contributed by atoms with van der Waals surface area (Å²) in [4.78, 5) is 10.3. The van der Waals surface area contributed by atoms with Gasteiger partial charge in [-0.2, -0.15) is 0 Å². The van der Waals surface area contributed by atoms with Crippen LogP contribution in [0.2, 0.25) is 0 Å². The molecule has 96 valence electrons. The van der Waals surface area contributed by atoms with E-state index >= 15 is 0 Å². The maximum atomic E-state index is 10.3. The smallest absolute Gasteiger partial charge is 0.457 e. The molecule has 2 aromatic rings. The van der Waals surface area contributed by atoms with Crippen LogP contribution in [0.5, 0.6) is 11.5 Å². The minimum Gasteiger partial charge on any atom is -0.457 e. The number of anilines is 1. The average molecular weight is 257 g/mol. The molecule has 1 amide bonds. The lowest BCUT2D eigenvalue weighted by Gasteiger charge is -2.07. The highest BCUT2D eigenvalue weighted by atomic mass is 16.5. The van der Waals surface area contributed by atoms with Crippen LogP contribution in [-0.4, -0.2) is 23.6 Å². The van der Waals surface area contributed by atoms with E-state index in [1.807, 2.05) is 0 Å². The van der Waals surface area contributed by atoms with Crippen LogP contribution < -0.4 is 15.5 Å². The Morgan fingerprint density at radius 1 is 0.947 bits per heavy atom. The van der Waals surface area contributed by atoms with E-state index in [9.17, 15) is 4.79 Å². The van der Waals surface area contributed by atoms with Gasteiger partial charge in [-0.05, 0) is 41.9 Å². The van der Waals surface area contributed by atoms with E-state index in [2.05, 4.69) is 5.32 Å². The van der Waals surface area contributed by atoms with Crippen LogP contribution in [-0.2, 0) is 4.79 Å². The quantitative estimate of drug-likeness (QED) is 0.545. The van der Waals surface area contributed by atoms with Gasteiger partial charge >= 0.3 is 7.12 Å². The lowest BCUT2D eigenvalue weighted by Crippen LogP contribution is -2.29. The van der Waals surface area contributed by atoms with Gasteiger partial charge in [0.05, 0.1) is 0 Å². The van der Waals surface area contributed by atoms with Crippen molar-refractivity contribution in [3.8, 4) is 11.5 Å². The molecular weight excluding hydrogens is 245 g/mol. The van der Waals surface area contributed by atoms with Crippen LogP contribution in [0.25, 0.3) is 0 Å². The maximum absolute atomic E-state index is 10.3. The normalized spacial score (nSPS) is 9.79. The molecule has 0 aliphatic heterocycles. The number of benzene rings is 2. The first kappa shape index (κ1) is 13.1. The second kappa shape index (κ2) is 6.04. The van der Waals surface area contributed by atoms with Crippen LogP contribution in [0.1, 0.15) is 0 Å². The van der Waals surface area contributed by atoms with Crippen molar-refractivity contribution in [1.29, 1.82) is 0 Å². The Balaban J connectivity index is 2.05. The summed E-state index contributed by atoms with van der Waals surface area (Å²) >= 11 is 0. The lowest BCUT2D eigenvalue weighted by atomic mass is 9.80. The summed E-state index contributed by atoms with van der Waals surface area (Å²) in [5, 5.41) is 20.5. The minimum absolute atomic E-state index is 0.401. The molecule has 0 aromatic heterocycles. The third-order valence-corrected chi connectivity index (χ3v) is 2.49. The minimum atomic E-state index is -1.48. The molecule has 6 heteroatoms. The molecule has 0 fully saturated rings. The van der Waals surface area contributed by atoms with Gasteiger partial charge in [0.25, 0.3) is 0 Å². The molecule has 5 nitrogen and oxygen atoms in total. The topological polar surface area (TPSA) is 78.8 Å². The Bertz CT molecular complexity index is 540. The predicted molar refractivity (Wildman–Crippen MR) is 72.5 cm³/mol. The summed E-state index contributed by atoms with van der Waals surface area (Å²) in [5.74, 6) is 1.20. The van der Waals surface area contributed by atoms with Crippen molar-refractivity contribution in [3.05, 3.63) is 48.5 Å². The number of amides is 1. The molecule has 2 aromatic carbocycles. The second-order valence-electron chi connectivity index (χ2n) is 3.83. The zero-order valence-electron chi connectivity index (χ0n) is 9.98. The summed E-state index contributed by atoms with van der Waals surface area (Å²) in [6.07, 6.45) is 0.606. The summed E-state index contributed by atoms with van der Waals surface area (Å²) in [6, 6.07) is 13.3. The standard InChI is InChI=1S/C13H12BNO4/c16-9-15-11-3-7-13(8-4-11)19-12-5-1-10(2-6-12)14(17)18/h1-9,17-18H,(H,15,16). The molecule has 0 aliphatic carbocycles. The zero-order chi connectivity index (χ0) is 13.7. The number of carbonyl (C=O) groups is 1. The van der Waals surface area contributed by atoms with Gasteiger partial charge in [-0.15, -0.1) is 0 Å². The number of nitrogens with one attached hydrogen (secondary N) is 1. The van der Waals surface area contributed by atoms with E-state index in [4.69, 9.17) is 14.8 Å².